The fourth-order valence-electron chi connectivity index (χ4n) is 11.4. The van der Waals surface area contributed by atoms with Crippen LogP contribution >= 0.6 is 15.6 Å². The summed E-state index contributed by atoms with van der Waals surface area (Å²) in [7, 11) is -9.91. The Morgan fingerprint density at radius 3 is 0.809 bits per heavy atom. The van der Waals surface area contributed by atoms with Gasteiger partial charge in [0.1, 0.15) is 19.3 Å². The Morgan fingerprint density at radius 1 is 0.309 bits per heavy atom. The number of hydrogen-bond donors (Lipinski definition) is 3. The van der Waals surface area contributed by atoms with E-state index in [1.54, 1.807) is 0 Å². The van der Waals surface area contributed by atoms with Crippen LogP contribution in [0.3, 0.4) is 0 Å². The Balaban J connectivity index is 5.25. The summed E-state index contributed by atoms with van der Waals surface area (Å²) in [6.45, 7) is 9.54. The SMILES string of the molecule is CCCCCCCCCCCCCCCCCCCC(=O)O[C@H](COC(=O)CCCCCCCCCCCCCCCC)COP(=O)(O)OC[C@@H](O)COP(=O)(O)OC[C@@H](COC(=O)CCCCCCCCC(C)CC)OC(=O)CCCCCCCCCCCCC(C)C. The second-order valence-electron chi connectivity index (χ2n) is 27.8. The third-order valence-electron chi connectivity index (χ3n) is 17.8. The first-order valence-corrected chi connectivity index (χ1v) is 42.0. The van der Waals surface area contributed by atoms with Crippen LogP contribution in [0, 0.1) is 11.8 Å². The summed E-state index contributed by atoms with van der Waals surface area (Å²) in [5, 5.41) is 10.6. The van der Waals surface area contributed by atoms with Crippen molar-refractivity contribution in [2.24, 2.45) is 11.8 Å². The van der Waals surface area contributed by atoms with Crippen LogP contribution in [0.25, 0.3) is 0 Å². The number of esters is 4. The molecule has 558 valence electrons. The van der Waals surface area contributed by atoms with Crippen LogP contribution < -0.4 is 0 Å². The van der Waals surface area contributed by atoms with Crippen LogP contribution in [0.4, 0.5) is 0 Å². The summed E-state index contributed by atoms with van der Waals surface area (Å²) in [5.74, 6) is -0.634. The van der Waals surface area contributed by atoms with Gasteiger partial charge in [0, 0.05) is 25.7 Å². The van der Waals surface area contributed by atoms with E-state index in [0.29, 0.717) is 25.7 Å². The van der Waals surface area contributed by atoms with Crippen molar-refractivity contribution < 1.29 is 80.2 Å². The molecule has 0 saturated carbocycles. The van der Waals surface area contributed by atoms with Gasteiger partial charge >= 0.3 is 39.5 Å². The molecule has 3 unspecified atom stereocenters. The molecule has 0 bridgehead atoms. The predicted octanol–water partition coefficient (Wildman–Crippen LogP) is 21.9. The number of carbonyl (C=O) groups excluding carboxylic acids is 4. The molecule has 6 atom stereocenters. The average Bonchev–Trinajstić information content (AvgIpc) is 1.34. The van der Waals surface area contributed by atoms with Crippen LogP contribution in [0.15, 0.2) is 0 Å². The van der Waals surface area contributed by atoms with Gasteiger partial charge < -0.3 is 33.8 Å². The smallest absolute Gasteiger partial charge is 0.462 e. The Kier molecular flexibility index (Phi) is 65.5. The molecular weight excluding hydrogens is 1230 g/mol. The highest BCUT2D eigenvalue weighted by molar-refractivity contribution is 7.47. The largest absolute Gasteiger partial charge is 0.472 e. The Morgan fingerprint density at radius 2 is 0.543 bits per heavy atom. The minimum atomic E-state index is -4.96. The Hall–Kier alpha value is -1.94. The number of hydrogen-bond acceptors (Lipinski definition) is 15. The monoisotopic (exact) mass is 1380 g/mol. The second-order valence-corrected chi connectivity index (χ2v) is 30.7. The quantitative estimate of drug-likeness (QED) is 0.0222. The van der Waals surface area contributed by atoms with Gasteiger partial charge in [0.25, 0.3) is 0 Å². The number of aliphatic hydroxyl groups excluding tert-OH is 1. The molecule has 0 aromatic heterocycles. The minimum absolute atomic E-state index is 0.105. The van der Waals surface area contributed by atoms with E-state index in [-0.39, 0.29) is 25.7 Å². The van der Waals surface area contributed by atoms with Crippen LogP contribution in [0.5, 0.6) is 0 Å². The molecule has 0 saturated heterocycles. The first-order valence-electron chi connectivity index (χ1n) is 39.0. The van der Waals surface area contributed by atoms with E-state index in [9.17, 15) is 43.2 Å². The van der Waals surface area contributed by atoms with Crippen LogP contribution in [-0.2, 0) is 65.4 Å². The summed E-state index contributed by atoms with van der Waals surface area (Å²) >= 11 is 0. The van der Waals surface area contributed by atoms with Crippen molar-refractivity contribution in [3.05, 3.63) is 0 Å². The molecular formula is C75H146O17P2. The number of phosphoric ester groups is 2. The first-order chi connectivity index (χ1) is 45.4. The topological polar surface area (TPSA) is 237 Å². The van der Waals surface area contributed by atoms with Crippen molar-refractivity contribution in [2.45, 2.75) is 407 Å². The zero-order valence-electron chi connectivity index (χ0n) is 61.3. The lowest BCUT2D eigenvalue weighted by Gasteiger charge is -2.21. The molecule has 3 N–H and O–H groups in total. The summed E-state index contributed by atoms with van der Waals surface area (Å²) in [5.41, 5.74) is 0. The molecule has 0 aliphatic heterocycles. The fraction of sp³-hybridized carbons (Fsp3) is 0.947. The molecule has 0 fully saturated rings. The van der Waals surface area contributed by atoms with Gasteiger partial charge in [-0.25, -0.2) is 9.13 Å². The van der Waals surface area contributed by atoms with Crippen LogP contribution in [0.1, 0.15) is 388 Å². The summed E-state index contributed by atoms with van der Waals surface area (Å²) in [4.78, 5) is 72.8. The molecule has 0 rings (SSSR count). The van der Waals surface area contributed by atoms with Gasteiger partial charge in [-0.15, -0.1) is 0 Å². The maximum atomic E-state index is 13.1. The maximum Gasteiger partial charge on any atom is 0.472 e. The lowest BCUT2D eigenvalue weighted by molar-refractivity contribution is -0.161. The van der Waals surface area contributed by atoms with Gasteiger partial charge in [0.2, 0.25) is 0 Å². The van der Waals surface area contributed by atoms with Crippen molar-refractivity contribution in [2.75, 3.05) is 39.6 Å². The lowest BCUT2D eigenvalue weighted by Crippen LogP contribution is -2.30. The zero-order valence-corrected chi connectivity index (χ0v) is 63.1. The predicted molar refractivity (Wildman–Crippen MR) is 381 cm³/mol. The molecule has 17 nitrogen and oxygen atoms in total. The van der Waals surface area contributed by atoms with Crippen LogP contribution in [-0.4, -0.2) is 96.7 Å². The van der Waals surface area contributed by atoms with Gasteiger partial charge in [0.15, 0.2) is 12.2 Å². The second kappa shape index (κ2) is 66.9. The van der Waals surface area contributed by atoms with Crippen LogP contribution in [0.2, 0.25) is 0 Å². The van der Waals surface area contributed by atoms with E-state index in [1.165, 1.54) is 199 Å². The fourth-order valence-corrected chi connectivity index (χ4v) is 13.0. The van der Waals surface area contributed by atoms with Gasteiger partial charge in [-0.3, -0.25) is 37.3 Å². The molecule has 19 heteroatoms. The average molecular weight is 1380 g/mol. The van der Waals surface area contributed by atoms with Crippen molar-refractivity contribution in [1.29, 1.82) is 0 Å². The number of rotatable bonds is 74. The zero-order chi connectivity index (χ0) is 69.3. The molecule has 94 heavy (non-hydrogen) atoms. The van der Waals surface area contributed by atoms with E-state index in [0.717, 1.165) is 108 Å². The van der Waals surface area contributed by atoms with E-state index >= 15 is 0 Å². The summed E-state index contributed by atoms with van der Waals surface area (Å²) in [6, 6.07) is 0. The molecule has 0 aromatic rings. The highest BCUT2D eigenvalue weighted by Gasteiger charge is 2.30. The standard InChI is InChI=1S/C75H146O17P2/c1-7-10-12-14-16-18-20-22-24-25-26-28-30-35-39-47-53-59-74(79)91-70(63-85-72(77)57-51-45-38-34-29-27-23-21-19-17-15-13-11-8-2)65-89-93(81,82)87-61-69(76)62-88-94(83,84)90-66-71(64-86-73(78)58-52-46-42-41-44-50-56-68(6)9-3)92-75(80)60-54-48-40-36-32-31-33-37-43-49-55-67(4)5/h67-71,76H,7-66H2,1-6H3,(H,81,82)(H,83,84)/t68?,69-,70-,71-/m1/s1. The lowest BCUT2D eigenvalue weighted by atomic mass is 10.00. The van der Waals surface area contributed by atoms with E-state index < -0.39 is 97.5 Å². The van der Waals surface area contributed by atoms with Crippen molar-refractivity contribution in [1.82, 2.24) is 0 Å². The van der Waals surface area contributed by atoms with Crippen molar-refractivity contribution in [3.8, 4) is 0 Å². The minimum Gasteiger partial charge on any atom is -0.462 e. The van der Waals surface area contributed by atoms with Gasteiger partial charge in [0.05, 0.1) is 26.4 Å². The number of ether oxygens (including phenoxy) is 4. The molecule has 0 aromatic carbocycles. The van der Waals surface area contributed by atoms with E-state index in [2.05, 4.69) is 41.5 Å². The highest BCUT2D eigenvalue weighted by Crippen LogP contribution is 2.45. The summed E-state index contributed by atoms with van der Waals surface area (Å²) in [6.07, 6.45) is 54.1. The third-order valence-corrected chi connectivity index (χ3v) is 19.7. The maximum absolute atomic E-state index is 13.1. The number of aliphatic hydroxyl groups is 1. The molecule has 0 aliphatic rings. The molecule has 0 heterocycles. The highest BCUT2D eigenvalue weighted by atomic mass is 31.2. The van der Waals surface area contributed by atoms with Gasteiger partial charge in [-0.1, -0.05) is 337 Å². The molecule has 0 amide bonds. The third kappa shape index (κ3) is 67.3. The first kappa shape index (κ1) is 92.1. The number of carbonyl (C=O) groups is 4. The summed E-state index contributed by atoms with van der Waals surface area (Å²) < 4.78 is 68.5. The van der Waals surface area contributed by atoms with E-state index in [4.69, 9.17) is 37.0 Å². The van der Waals surface area contributed by atoms with Crippen molar-refractivity contribution in [3.63, 3.8) is 0 Å². The number of unbranched alkanes of at least 4 members (excludes halogenated alkanes) is 43. The van der Waals surface area contributed by atoms with Gasteiger partial charge in [-0.2, -0.15) is 0 Å². The molecule has 0 aliphatic carbocycles. The number of phosphoric acid groups is 2. The normalized spacial score (nSPS) is 14.3. The molecule has 0 spiro atoms. The Labute approximate surface area is 575 Å². The van der Waals surface area contributed by atoms with Gasteiger partial charge in [-0.05, 0) is 37.5 Å². The van der Waals surface area contributed by atoms with Crippen molar-refractivity contribution >= 4 is 39.5 Å². The Bertz CT molecular complexity index is 1820. The molecule has 0 radical (unpaired) electrons. The van der Waals surface area contributed by atoms with E-state index in [1.807, 2.05) is 0 Å².